The first-order valence-corrected chi connectivity index (χ1v) is 8.10. The SMILES string of the molecule is COc1c(Br)cc(Br)cc1/C=C/C(=O)Nc1cccnc1Cl. The van der Waals surface area contributed by atoms with Crippen LogP contribution < -0.4 is 10.1 Å². The van der Waals surface area contributed by atoms with Crippen LogP contribution in [0.25, 0.3) is 6.08 Å². The molecule has 0 atom stereocenters. The van der Waals surface area contributed by atoms with Gasteiger partial charge in [-0.15, -0.1) is 0 Å². The Balaban J connectivity index is 2.18. The first-order chi connectivity index (χ1) is 10.5. The summed E-state index contributed by atoms with van der Waals surface area (Å²) in [4.78, 5) is 15.9. The third kappa shape index (κ3) is 4.32. The van der Waals surface area contributed by atoms with Crippen molar-refractivity contribution in [2.75, 3.05) is 12.4 Å². The summed E-state index contributed by atoms with van der Waals surface area (Å²) in [6.07, 6.45) is 4.62. The third-order valence-corrected chi connectivity index (χ3v) is 4.02. The van der Waals surface area contributed by atoms with Gasteiger partial charge in [-0.2, -0.15) is 0 Å². The number of benzene rings is 1. The molecule has 0 saturated carbocycles. The molecule has 22 heavy (non-hydrogen) atoms. The van der Waals surface area contributed by atoms with E-state index < -0.39 is 0 Å². The minimum atomic E-state index is -0.312. The number of carbonyl (C=O) groups is 1. The summed E-state index contributed by atoms with van der Waals surface area (Å²) in [6.45, 7) is 0. The zero-order chi connectivity index (χ0) is 16.1. The van der Waals surface area contributed by atoms with Gasteiger partial charge in [0.2, 0.25) is 5.91 Å². The lowest BCUT2D eigenvalue weighted by Gasteiger charge is -2.08. The van der Waals surface area contributed by atoms with E-state index >= 15 is 0 Å². The molecule has 4 nitrogen and oxygen atoms in total. The van der Waals surface area contributed by atoms with Gasteiger partial charge >= 0.3 is 0 Å². The Morgan fingerprint density at radius 1 is 1.41 bits per heavy atom. The maximum Gasteiger partial charge on any atom is 0.248 e. The molecule has 7 heteroatoms. The van der Waals surface area contributed by atoms with Crippen molar-refractivity contribution in [3.8, 4) is 5.75 Å². The van der Waals surface area contributed by atoms with Gasteiger partial charge in [0.25, 0.3) is 0 Å². The molecule has 0 aliphatic carbocycles. The summed E-state index contributed by atoms with van der Waals surface area (Å²) in [5, 5.41) is 2.91. The van der Waals surface area contributed by atoms with Gasteiger partial charge in [0.15, 0.2) is 5.15 Å². The number of halogens is 3. The van der Waals surface area contributed by atoms with E-state index in [1.165, 1.54) is 6.08 Å². The molecule has 0 aliphatic rings. The number of pyridine rings is 1. The van der Waals surface area contributed by atoms with Crippen LogP contribution in [0, 0.1) is 0 Å². The molecule has 1 heterocycles. The minimum absolute atomic E-state index is 0.243. The number of amides is 1. The third-order valence-electron chi connectivity index (χ3n) is 2.67. The molecule has 114 valence electrons. The lowest BCUT2D eigenvalue weighted by Crippen LogP contribution is -2.08. The van der Waals surface area contributed by atoms with Crippen LogP contribution in [0.5, 0.6) is 5.75 Å². The smallest absolute Gasteiger partial charge is 0.248 e. The predicted octanol–water partition coefficient (Wildman–Crippen LogP) is 4.92. The largest absolute Gasteiger partial charge is 0.495 e. The molecule has 0 saturated heterocycles. The molecule has 1 N–H and O–H groups in total. The highest BCUT2D eigenvalue weighted by molar-refractivity contribution is 9.11. The standard InChI is InChI=1S/C15H11Br2ClN2O2/c1-22-14-9(7-10(16)8-11(14)17)4-5-13(21)20-12-3-2-6-19-15(12)18/h2-8H,1H3,(H,20,21)/b5-4+. The summed E-state index contributed by atoms with van der Waals surface area (Å²) in [5.74, 6) is 0.333. The Kier molecular flexibility index (Phi) is 5.99. The number of hydrogen-bond donors (Lipinski definition) is 1. The van der Waals surface area contributed by atoms with Crippen LogP contribution in [0.4, 0.5) is 5.69 Å². The Hall–Kier alpha value is -1.37. The summed E-state index contributed by atoms with van der Waals surface area (Å²) in [5.41, 5.74) is 1.22. The fourth-order valence-corrected chi connectivity index (χ4v) is 3.33. The summed E-state index contributed by atoms with van der Waals surface area (Å²) >= 11 is 12.7. The molecule has 2 aromatic rings. The molecular formula is C15H11Br2ClN2O2. The average Bonchev–Trinajstić information content (AvgIpc) is 2.47. The summed E-state index contributed by atoms with van der Waals surface area (Å²) in [7, 11) is 1.57. The van der Waals surface area contributed by atoms with E-state index in [1.807, 2.05) is 12.1 Å². The van der Waals surface area contributed by atoms with Gasteiger partial charge < -0.3 is 10.1 Å². The fraction of sp³-hybridized carbons (Fsp3) is 0.0667. The number of carbonyl (C=O) groups excluding carboxylic acids is 1. The lowest BCUT2D eigenvalue weighted by molar-refractivity contribution is -0.111. The molecule has 1 amide bonds. The van der Waals surface area contributed by atoms with Crippen molar-refractivity contribution >= 4 is 61.1 Å². The quantitative estimate of drug-likeness (QED) is 0.536. The molecule has 0 unspecified atom stereocenters. The Bertz CT molecular complexity index is 735. The fourth-order valence-electron chi connectivity index (χ4n) is 1.74. The number of anilines is 1. The lowest BCUT2D eigenvalue weighted by atomic mass is 10.2. The van der Waals surface area contributed by atoms with Crippen LogP contribution in [0.2, 0.25) is 5.15 Å². The van der Waals surface area contributed by atoms with Crippen LogP contribution in [0.3, 0.4) is 0 Å². The van der Waals surface area contributed by atoms with E-state index in [2.05, 4.69) is 42.2 Å². The van der Waals surface area contributed by atoms with Crippen LogP contribution in [-0.4, -0.2) is 18.0 Å². The zero-order valence-corrected chi connectivity index (χ0v) is 15.4. The maximum absolute atomic E-state index is 12.0. The van der Waals surface area contributed by atoms with Gasteiger partial charge in [-0.25, -0.2) is 4.98 Å². The van der Waals surface area contributed by atoms with Crippen LogP contribution in [0.15, 0.2) is 45.5 Å². The molecule has 2 rings (SSSR count). The Morgan fingerprint density at radius 3 is 2.86 bits per heavy atom. The van der Waals surface area contributed by atoms with Crippen molar-refractivity contribution in [2.45, 2.75) is 0 Å². The summed E-state index contributed by atoms with van der Waals surface area (Å²) in [6, 6.07) is 7.09. The zero-order valence-electron chi connectivity index (χ0n) is 11.4. The van der Waals surface area contributed by atoms with Crippen molar-refractivity contribution in [2.24, 2.45) is 0 Å². The van der Waals surface area contributed by atoms with Gasteiger partial charge in [0.1, 0.15) is 5.75 Å². The average molecular weight is 447 g/mol. The predicted molar refractivity (Wildman–Crippen MR) is 95.3 cm³/mol. The number of hydrogen-bond acceptors (Lipinski definition) is 3. The van der Waals surface area contributed by atoms with Gasteiger partial charge in [0.05, 0.1) is 17.3 Å². The van der Waals surface area contributed by atoms with E-state index in [4.69, 9.17) is 16.3 Å². The molecule has 0 fully saturated rings. The number of aromatic nitrogens is 1. The van der Waals surface area contributed by atoms with Crippen LogP contribution >= 0.6 is 43.5 Å². The molecular weight excluding hydrogens is 435 g/mol. The van der Waals surface area contributed by atoms with Crippen molar-refractivity contribution < 1.29 is 9.53 Å². The highest BCUT2D eigenvalue weighted by atomic mass is 79.9. The minimum Gasteiger partial charge on any atom is -0.495 e. The van der Waals surface area contributed by atoms with Gasteiger partial charge in [-0.05, 0) is 46.3 Å². The Labute approximate surface area is 149 Å². The van der Waals surface area contributed by atoms with E-state index in [-0.39, 0.29) is 11.1 Å². The molecule has 1 aromatic heterocycles. The number of methoxy groups -OCH3 is 1. The van der Waals surface area contributed by atoms with Crippen LogP contribution in [0.1, 0.15) is 5.56 Å². The number of nitrogens with one attached hydrogen (secondary N) is 1. The maximum atomic E-state index is 12.0. The van der Waals surface area contributed by atoms with E-state index in [9.17, 15) is 4.79 Å². The summed E-state index contributed by atoms with van der Waals surface area (Å²) < 4.78 is 6.98. The second-order valence-electron chi connectivity index (χ2n) is 4.17. The second-order valence-corrected chi connectivity index (χ2v) is 6.30. The van der Waals surface area contributed by atoms with Crippen molar-refractivity contribution in [3.63, 3.8) is 0 Å². The van der Waals surface area contributed by atoms with Gasteiger partial charge in [0, 0.05) is 22.3 Å². The normalized spacial score (nSPS) is 10.7. The van der Waals surface area contributed by atoms with Crippen molar-refractivity contribution in [1.29, 1.82) is 0 Å². The topological polar surface area (TPSA) is 51.2 Å². The van der Waals surface area contributed by atoms with Crippen molar-refractivity contribution in [3.05, 3.63) is 56.2 Å². The van der Waals surface area contributed by atoms with E-state index in [0.29, 0.717) is 11.4 Å². The van der Waals surface area contributed by atoms with Gasteiger partial charge in [-0.3, -0.25) is 4.79 Å². The monoisotopic (exact) mass is 444 g/mol. The highest BCUT2D eigenvalue weighted by Gasteiger charge is 2.08. The second kappa shape index (κ2) is 7.76. The number of ether oxygens (including phenoxy) is 1. The molecule has 1 aromatic carbocycles. The number of nitrogens with zero attached hydrogens (tertiary/aromatic N) is 1. The van der Waals surface area contributed by atoms with Gasteiger partial charge in [-0.1, -0.05) is 27.5 Å². The van der Waals surface area contributed by atoms with Crippen LogP contribution in [-0.2, 0) is 4.79 Å². The first kappa shape index (κ1) is 17.0. The van der Waals surface area contributed by atoms with E-state index in [0.717, 1.165) is 14.5 Å². The molecule has 0 radical (unpaired) electrons. The first-order valence-electron chi connectivity index (χ1n) is 6.14. The highest BCUT2D eigenvalue weighted by Crippen LogP contribution is 2.33. The van der Waals surface area contributed by atoms with Crippen molar-refractivity contribution in [1.82, 2.24) is 4.98 Å². The number of rotatable bonds is 4. The Morgan fingerprint density at radius 2 is 2.18 bits per heavy atom. The van der Waals surface area contributed by atoms with E-state index in [1.54, 1.807) is 31.5 Å². The molecule has 0 spiro atoms. The molecule has 0 aliphatic heterocycles. The molecule has 0 bridgehead atoms.